The second-order valence-corrected chi connectivity index (χ2v) is 8.47. The van der Waals surface area contributed by atoms with Crippen LogP contribution in [0.5, 0.6) is 0 Å². The normalized spacial score (nSPS) is 20.2. The van der Waals surface area contributed by atoms with Crippen LogP contribution in [0.15, 0.2) is 43.1 Å². The highest BCUT2D eigenvalue weighted by Gasteiger charge is 2.25. The average Bonchev–Trinajstić information content (AvgIpc) is 3.27. The molecular formula is C20H20BrN3O3S. The molecule has 0 unspecified atom stereocenters. The maximum Gasteiger partial charge on any atom is 0.264 e. The van der Waals surface area contributed by atoms with E-state index in [4.69, 9.17) is 9.15 Å². The second kappa shape index (κ2) is 8.14. The number of halogens is 1. The maximum atomic E-state index is 12.3. The molecule has 146 valence electrons. The topological polar surface area (TPSA) is 67.1 Å². The summed E-state index contributed by atoms with van der Waals surface area (Å²) < 4.78 is 12.3. The summed E-state index contributed by atoms with van der Waals surface area (Å²) in [5.74, 6) is 1.28. The van der Waals surface area contributed by atoms with Crippen molar-refractivity contribution in [2.45, 2.75) is 13.8 Å². The molecule has 3 heterocycles. The van der Waals surface area contributed by atoms with Gasteiger partial charge in [-0.1, -0.05) is 15.9 Å². The number of amides is 1. The lowest BCUT2D eigenvalue weighted by atomic mass is 10.1. The van der Waals surface area contributed by atoms with Crippen molar-refractivity contribution in [2.24, 2.45) is 4.99 Å². The Bertz CT molecular complexity index is 954. The summed E-state index contributed by atoms with van der Waals surface area (Å²) in [6.07, 6.45) is 1.75. The number of anilines is 1. The quantitative estimate of drug-likeness (QED) is 0.686. The molecule has 0 radical (unpaired) electrons. The van der Waals surface area contributed by atoms with E-state index in [0.717, 1.165) is 40.3 Å². The van der Waals surface area contributed by atoms with Crippen LogP contribution >= 0.6 is 27.7 Å². The third-order valence-electron chi connectivity index (χ3n) is 4.51. The van der Waals surface area contributed by atoms with E-state index < -0.39 is 0 Å². The summed E-state index contributed by atoms with van der Waals surface area (Å²) in [6.45, 7) is 7.06. The molecule has 0 spiro atoms. The number of morpholine rings is 1. The molecule has 2 aliphatic heterocycles. The van der Waals surface area contributed by atoms with Crippen molar-refractivity contribution in [3.05, 3.63) is 50.5 Å². The molecule has 1 aromatic heterocycles. The highest BCUT2D eigenvalue weighted by atomic mass is 79.9. The van der Waals surface area contributed by atoms with Crippen LogP contribution < -0.4 is 10.2 Å². The van der Waals surface area contributed by atoms with Crippen molar-refractivity contribution in [3.63, 3.8) is 0 Å². The Balaban J connectivity index is 1.51. The van der Waals surface area contributed by atoms with Gasteiger partial charge in [-0.2, -0.15) is 0 Å². The minimum Gasteiger partial charge on any atom is -0.441 e. The molecule has 8 heteroatoms. The molecule has 0 aliphatic carbocycles. The molecule has 2 saturated heterocycles. The lowest BCUT2D eigenvalue weighted by Gasteiger charge is -2.26. The number of nitrogens with zero attached hydrogens (tertiary/aromatic N) is 2. The number of thioether (sulfide) groups is 1. The van der Waals surface area contributed by atoms with Gasteiger partial charge in [0.25, 0.3) is 5.91 Å². The minimum atomic E-state index is -0.168. The first-order valence-electron chi connectivity index (χ1n) is 8.98. The first-order chi connectivity index (χ1) is 13.5. The molecule has 4 rings (SSSR count). The van der Waals surface area contributed by atoms with E-state index in [1.807, 2.05) is 38.1 Å². The van der Waals surface area contributed by atoms with E-state index in [-0.39, 0.29) is 5.91 Å². The molecule has 2 fully saturated rings. The van der Waals surface area contributed by atoms with Gasteiger partial charge in [-0.3, -0.25) is 4.79 Å². The number of aliphatic imine (C=N–C) groups is 1. The molecule has 0 saturated carbocycles. The van der Waals surface area contributed by atoms with Crippen LogP contribution in [0.1, 0.15) is 16.9 Å². The monoisotopic (exact) mass is 461 g/mol. The summed E-state index contributed by atoms with van der Waals surface area (Å²) in [6, 6.07) is 7.78. The zero-order valence-electron chi connectivity index (χ0n) is 15.6. The Kier molecular flexibility index (Phi) is 5.61. The molecule has 0 atom stereocenters. The zero-order valence-corrected chi connectivity index (χ0v) is 18.0. The van der Waals surface area contributed by atoms with E-state index in [2.05, 4.69) is 31.1 Å². The Labute approximate surface area is 176 Å². The Morgan fingerprint density at radius 2 is 1.93 bits per heavy atom. The van der Waals surface area contributed by atoms with Crippen LogP contribution in [-0.2, 0) is 9.53 Å². The van der Waals surface area contributed by atoms with Gasteiger partial charge in [0, 0.05) is 29.7 Å². The number of carbonyl (C=O) groups excluding carboxylic acids is 1. The second-order valence-electron chi connectivity index (χ2n) is 6.65. The van der Waals surface area contributed by atoms with Gasteiger partial charge < -0.3 is 19.4 Å². The van der Waals surface area contributed by atoms with Crippen LogP contribution in [0, 0.1) is 13.8 Å². The summed E-state index contributed by atoms with van der Waals surface area (Å²) in [4.78, 5) is 19.6. The molecule has 1 N–H and O–H groups in total. The summed E-state index contributed by atoms with van der Waals surface area (Å²) in [5, 5.41) is 3.39. The van der Waals surface area contributed by atoms with Gasteiger partial charge >= 0.3 is 0 Å². The molecule has 2 aromatic rings. The van der Waals surface area contributed by atoms with Gasteiger partial charge in [-0.25, -0.2) is 4.99 Å². The third kappa shape index (κ3) is 4.19. The van der Waals surface area contributed by atoms with Crippen LogP contribution in [0.3, 0.4) is 0 Å². The van der Waals surface area contributed by atoms with Crippen molar-refractivity contribution < 1.29 is 13.9 Å². The number of hydrogen-bond donors (Lipinski definition) is 1. The van der Waals surface area contributed by atoms with Crippen LogP contribution in [0.4, 0.5) is 11.6 Å². The van der Waals surface area contributed by atoms with E-state index in [9.17, 15) is 4.79 Å². The highest BCUT2D eigenvalue weighted by Crippen LogP contribution is 2.31. The number of amidine groups is 1. The lowest BCUT2D eigenvalue weighted by Crippen LogP contribution is -2.35. The standard InChI is InChI=1S/C20H20BrN3O3S/c1-12-9-14(10-13(2)18(12)21)22-20-23-19(25)16(28-20)11-15-3-4-17(27-15)24-5-7-26-8-6-24/h3-4,9-11H,5-8H2,1-2H3,(H,22,23,25)/b16-11-. The van der Waals surface area contributed by atoms with E-state index in [0.29, 0.717) is 29.0 Å². The fraction of sp³-hybridized carbons (Fsp3) is 0.300. The van der Waals surface area contributed by atoms with Crippen molar-refractivity contribution in [2.75, 3.05) is 31.2 Å². The van der Waals surface area contributed by atoms with Gasteiger partial charge in [-0.15, -0.1) is 0 Å². The van der Waals surface area contributed by atoms with Crippen LogP contribution in [0.2, 0.25) is 0 Å². The van der Waals surface area contributed by atoms with Gasteiger partial charge in [0.2, 0.25) is 0 Å². The largest absolute Gasteiger partial charge is 0.441 e. The van der Waals surface area contributed by atoms with Gasteiger partial charge in [0.1, 0.15) is 5.76 Å². The Morgan fingerprint density at radius 1 is 1.21 bits per heavy atom. The van der Waals surface area contributed by atoms with Crippen molar-refractivity contribution in [1.82, 2.24) is 5.32 Å². The fourth-order valence-corrected chi connectivity index (χ4v) is 4.14. The third-order valence-corrected chi connectivity index (χ3v) is 6.67. The van der Waals surface area contributed by atoms with E-state index >= 15 is 0 Å². The summed E-state index contributed by atoms with van der Waals surface area (Å²) >= 11 is 4.87. The number of ether oxygens (including phenoxy) is 1. The lowest BCUT2D eigenvalue weighted by molar-refractivity contribution is -0.115. The molecular weight excluding hydrogens is 442 g/mol. The molecule has 1 amide bonds. The van der Waals surface area contributed by atoms with Crippen LogP contribution in [0.25, 0.3) is 6.08 Å². The highest BCUT2D eigenvalue weighted by molar-refractivity contribution is 9.10. The summed E-state index contributed by atoms with van der Waals surface area (Å²) in [5.41, 5.74) is 3.03. The summed E-state index contributed by atoms with van der Waals surface area (Å²) in [7, 11) is 0. The number of hydrogen-bond acceptors (Lipinski definition) is 6. The average molecular weight is 462 g/mol. The molecule has 1 aromatic carbocycles. The number of nitrogens with one attached hydrogen (secondary N) is 1. The molecule has 0 bridgehead atoms. The predicted octanol–water partition coefficient (Wildman–Crippen LogP) is 4.39. The van der Waals surface area contributed by atoms with Crippen molar-refractivity contribution in [3.8, 4) is 0 Å². The Morgan fingerprint density at radius 3 is 2.64 bits per heavy atom. The number of aryl methyl sites for hydroxylation is 2. The first kappa shape index (κ1) is 19.3. The van der Waals surface area contributed by atoms with E-state index in [1.54, 1.807) is 6.08 Å². The van der Waals surface area contributed by atoms with E-state index in [1.165, 1.54) is 11.8 Å². The van der Waals surface area contributed by atoms with Crippen molar-refractivity contribution in [1.29, 1.82) is 0 Å². The maximum absolute atomic E-state index is 12.3. The molecule has 6 nitrogen and oxygen atoms in total. The molecule has 28 heavy (non-hydrogen) atoms. The number of rotatable bonds is 3. The van der Waals surface area contributed by atoms with Crippen LogP contribution in [-0.4, -0.2) is 37.4 Å². The van der Waals surface area contributed by atoms with Gasteiger partial charge in [-0.05, 0) is 54.9 Å². The number of benzene rings is 1. The minimum absolute atomic E-state index is 0.168. The van der Waals surface area contributed by atoms with Gasteiger partial charge in [0.15, 0.2) is 11.1 Å². The fourth-order valence-electron chi connectivity index (χ4n) is 3.09. The smallest absolute Gasteiger partial charge is 0.264 e. The Hall–Kier alpha value is -2.03. The SMILES string of the molecule is Cc1cc(N=C2NC(=O)/C(=C/c3ccc(N4CCOCC4)o3)S2)cc(C)c1Br. The molecule has 2 aliphatic rings. The number of furan rings is 1. The number of carbonyl (C=O) groups is 1. The van der Waals surface area contributed by atoms with Gasteiger partial charge in [0.05, 0.1) is 23.8 Å². The first-order valence-corrected chi connectivity index (χ1v) is 10.6. The zero-order chi connectivity index (χ0) is 19.7. The predicted molar refractivity (Wildman–Crippen MR) is 116 cm³/mol. The van der Waals surface area contributed by atoms with Crippen molar-refractivity contribution >= 4 is 56.4 Å².